The molecule has 0 atom stereocenters. The number of fused-ring (bicyclic) bond motifs is 3. The number of carbonyl (C=O) groups is 2. The van der Waals surface area contributed by atoms with E-state index in [0.29, 0.717) is 23.5 Å². The number of methoxy groups -OCH3 is 1. The summed E-state index contributed by atoms with van der Waals surface area (Å²) in [7, 11) is 1.57. The molecule has 29 heavy (non-hydrogen) atoms. The first-order valence-corrected chi connectivity index (χ1v) is 10.1. The Morgan fingerprint density at radius 2 is 2.14 bits per heavy atom. The molecular formula is C20H18BrN5O3. The van der Waals surface area contributed by atoms with Crippen molar-refractivity contribution in [2.45, 2.75) is 18.3 Å². The van der Waals surface area contributed by atoms with Gasteiger partial charge in [0.05, 0.1) is 13.3 Å². The van der Waals surface area contributed by atoms with Gasteiger partial charge in [0.1, 0.15) is 12.3 Å². The number of benzene rings is 1. The smallest absolute Gasteiger partial charge is 0.254 e. The molecule has 9 heteroatoms. The molecule has 2 aromatic heterocycles. The number of rotatable bonds is 4. The Kier molecular flexibility index (Phi) is 4.09. The Morgan fingerprint density at radius 3 is 2.90 bits per heavy atom. The van der Waals surface area contributed by atoms with Crippen LogP contribution in [0.25, 0.3) is 5.65 Å². The zero-order valence-electron chi connectivity index (χ0n) is 15.7. The summed E-state index contributed by atoms with van der Waals surface area (Å²) in [5, 5.41) is 6.94. The molecule has 1 N–H and O–H groups in total. The molecule has 0 bridgehead atoms. The largest absolute Gasteiger partial charge is 0.495 e. The number of nitrogens with one attached hydrogen (secondary N) is 1. The molecule has 0 unspecified atom stereocenters. The van der Waals surface area contributed by atoms with Crippen molar-refractivity contribution < 1.29 is 14.3 Å². The van der Waals surface area contributed by atoms with Crippen molar-refractivity contribution >= 4 is 39.3 Å². The van der Waals surface area contributed by atoms with Crippen LogP contribution in [0.3, 0.4) is 0 Å². The molecule has 8 nitrogen and oxygen atoms in total. The van der Waals surface area contributed by atoms with E-state index in [9.17, 15) is 9.59 Å². The number of ether oxygens (including phenoxy) is 1. The Morgan fingerprint density at radius 1 is 1.31 bits per heavy atom. The second kappa shape index (κ2) is 6.55. The molecule has 1 aromatic carbocycles. The van der Waals surface area contributed by atoms with Gasteiger partial charge in [0.15, 0.2) is 5.65 Å². The van der Waals surface area contributed by atoms with E-state index in [2.05, 4.69) is 31.3 Å². The summed E-state index contributed by atoms with van der Waals surface area (Å²) in [6.07, 6.45) is 3.73. The van der Waals surface area contributed by atoms with Crippen molar-refractivity contribution in [2.75, 3.05) is 25.5 Å². The van der Waals surface area contributed by atoms with Crippen molar-refractivity contribution in [3.8, 4) is 5.75 Å². The van der Waals surface area contributed by atoms with Gasteiger partial charge in [-0.1, -0.05) is 15.9 Å². The molecule has 148 valence electrons. The zero-order chi connectivity index (χ0) is 20.2. The van der Waals surface area contributed by atoms with Gasteiger partial charge in [0.2, 0.25) is 11.9 Å². The van der Waals surface area contributed by atoms with Gasteiger partial charge in [-0.05, 0) is 48.7 Å². The highest BCUT2D eigenvalue weighted by Crippen LogP contribution is 2.52. The average Bonchev–Trinajstić information content (AvgIpc) is 3.36. The number of carbonyl (C=O) groups excluding carboxylic acids is 2. The summed E-state index contributed by atoms with van der Waals surface area (Å²) >= 11 is 3.49. The fourth-order valence-corrected chi connectivity index (χ4v) is 4.28. The van der Waals surface area contributed by atoms with E-state index in [1.54, 1.807) is 30.3 Å². The van der Waals surface area contributed by atoms with E-state index in [1.165, 1.54) is 4.52 Å². The number of anilines is 1. The topological polar surface area (TPSA) is 88.8 Å². The van der Waals surface area contributed by atoms with Crippen LogP contribution < -0.4 is 10.1 Å². The summed E-state index contributed by atoms with van der Waals surface area (Å²) in [5.41, 5.74) is 2.34. The van der Waals surface area contributed by atoms with Gasteiger partial charge in [0.25, 0.3) is 5.91 Å². The molecular weight excluding hydrogens is 438 g/mol. The molecule has 0 radical (unpaired) electrons. The Bertz CT molecular complexity index is 1150. The van der Waals surface area contributed by atoms with Gasteiger partial charge in [-0.3, -0.25) is 14.9 Å². The van der Waals surface area contributed by atoms with Gasteiger partial charge in [-0.2, -0.15) is 4.98 Å². The molecule has 1 aliphatic heterocycles. The second-order valence-electron chi connectivity index (χ2n) is 7.49. The number of hydrogen-bond donors (Lipinski definition) is 1. The summed E-state index contributed by atoms with van der Waals surface area (Å²) < 4.78 is 7.67. The van der Waals surface area contributed by atoms with E-state index in [4.69, 9.17) is 4.74 Å². The highest BCUT2D eigenvalue weighted by molar-refractivity contribution is 9.10. The van der Waals surface area contributed by atoms with E-state index in [0.717, 1.165) is 22.9 Å². The van der Waals surface area contributed by atoms with Crippen molar-refractivity contribution in [3.05, 3.63) is 52.1 Å². The van der Waals surface area contributed by atoms with Gasteiger partial charge in [-0.15, -0.1) is 5.10 Å². The van der Waals surface area contributed by atoms with Crippen LogP contribution in [0.15, 0.2) is 41.0 Å². The summed E-state index contributed by atoms with van der Waals surface area (Å²) in [5.74, 6) is 0.392. The molecule has 1 fully saturated rings. The Hall–Kier alpha value is -2.94. The van der Waals surface area contributed by atoms with E-state index < -0.39 is 0 Å². The average molecular weight is 456 g/mol. The van der Waals surface area contributed by atoms with Gasteiger partial charge in [0, 0.05) is 22.0 Å². The van der Waals surface area contributed by atoms with Crippen LogP contribution in [0.1, 0.15) is 28.8 Å². The van der Waals surface area contributed by atoms with Crippen LogP contribution in [0.2, 0.25) is 0 Å². The number of aromatic nitrogens is 3. The SMILES string of the molecule is COc1ccc2nc(NC(=O)CN3CC4(CC4)c4cc(Br)ccc4C3=O)nn2c1. The van der Waals surface area contributed by atoms with Crippen LogP contribution in [0, 0.1) is 0 Å². The Balaban J connectivity index is 1.33. The van der Waals surface area contributed by atoms with Crippen LogP contribution >= 0.6 is 15.9 Å². The molecule has 2 aliphatic rings. The predicted molar refractivity (Wildman–Crippen MR) is 109 cm³/mol. The lowest BCUT2D eigenvalue weighted by molar-refractivity contribution is -0.117. The number of nitrogens with zero attached hydrogens (tertiary/aromatic N) is 4. The molecule has 3 heterocycles. The van der Waals surface area contributed by atoms with Crippen molar-refractivity contribution in [2.24, 2.45) is 0 Å². The van der Waals surface area contributed by atoms with Crippen molar-refractivity contribution in [3.63, 3.8) is 0 Å². The third-order valence-corrected chi connectivity index (χ3v) is 6.04. The number of hydrogen-bond acceptors (Lipinski definition) is 5. The van der Waals surface area contributed by atoms with E-state index >= 15 is 0 Å². The van der Waals surface area contributed by atoms with Gasteiger partial charge < -0.3 is 9.64 Å². The third-order valence-electron chi connectivity index (χ3n) is 5.54. The lowest BCUT2D eigenvalue weighted by Crippen LogP contribution is -2.46. The molecule has 2 amide bonds. The third kappa shape index (κ3) is 3.15. The molecule has 1 aliphatic carbocycles. The quantitative estimate of drug-likeness (QED) is 0.652. The molecule has 1 saturated carbocycles. The van der Waals surface area contributed by atoms with Crippen molar-refractivity contribution in [1.29, 1.82) is 0 Å². The standard InChI is InChI=1S/C20H18BrN5O3/c1-29-13-3-5-16-22-19(24-26(16)9-13)23-17(27)10-25-11-20(6-7-20)15-8-12(21)2-4-14(15)18(25)28/h2-5,8-9H,6-7,10-11H2,1H3,(H,23,24,27). The minimum Gasteiger partial charge on any atom is -0.495 e. The first kappa shape index (κ1) is 18.1. The van der Waals surface area contributed by atoms with Crippen molar-refractivity contribution in [1.82, 2.24) is 19.5 Å². The molecule has 1 spiro atoms. The molecule has 3 aromatic rings. The maximum Gasteiger partial charge on any atom is 0.254 e. The first-order valence-electron chi connectivity index (χ1n) is 9.27. The van der Waals surface area contributed by atoms with Crippen LogP contribution in [-0.2, 0) is 10.2 Å². The maximum absolute atomic E-state index is 12.9. The monoisotopic (exact) mass is 455 g/mol. The lowest BCUT2D eigenvalue weighted by Gasteiger charge is -2.34. The van der Waals surface area contributed by atoms with Gasteiger partial charge >= 0.3 is 0 Å². The predicted octanol–water partition coefficient (Wildman–Crippen LogP) is 2.63. The fraction of sp³-hybridized carbons (Fsp3) is 0.300. The van der Waals surface area contributed by atoms with Crippen LogP contribution in [0.5, 0.6) is 5.75 Å². The van der Waals surface area contributed by atoms with Crippen LogP contribution in [-0.4, -0.2) is 51.5 Å². The second-order valence-corrected chi connectivity index (χ2v) is 8.40. The highest BCUT2D eigenvalue weighted by Gasteiger charge is 2.51. The summed E-state index contributed by atoms with van der Waals surface area (Å²) in [4.78, 5) is 31.4. The fourth-order valence-electron chi connectivity index (χ4n) is 3.92. The van der Waals surface area contributed by atoms with E-state index in [1.807, 2.05) is 18.2 Å². The summed E-state index contributed by atoms with van der Waals surface area (Å²) in [6, 6.07) is 9.26. The Labute approximate surface area is 175 Å². The molecule has 5 rings (SSSR count). The minimum atomic E-state index is -0.322. The number of pyridine rings is 1. The van der Waals surface area contributed by atoms with Gasteiger partial charge in [-0.25, -0.2) is 4.52 Å². The minimum absolute atomic E-state index is 0.0226. The molecule has 0 saturated heterocycles. The highest BCUT2D eigenvalue weighted by atomic mass is 79.9. The number of amides is 2. The summed E-state index contributed by atoms with van der Waals surface area (Å²) in [6.45, 7) is 0.521. The van der Waals surface area contributed by atoms with Crippen LogP contribution in [0.4, 0.5) is 5.95 Å². The number of halogens is 1. The van der Waals surface area contributed by atoms with E-state index in [-0.39, 0.29) is 29.7 Å². The normalized spacial score (nSPS) is 16.8. The zero-order valence-corrected chi connectivity index (χ0v) is 17.3. The first-order chi connectivity index (χ1) is 14.0. The lowest BCUT2D eigenvalue weighted by atomic mass is 9.86. The maximum atomic E-state index is 12.9.